The lowest BCUT2D eigenvalue weighted by atomic mass is 10.3. The van der Waals surface area contributed by atoms with Gasteiger partial charge in [-0.3, -0.25) is 9.59 Å². The molecule has 0 bridgehead atoms. The summed E-state index contributed by atoms with van der Waals surface area (Å²) in [6.07, 6.45) is -0.406. The molecule has 0 saturated heterocycles. The predicted molar refractivity (Wildman–Crippen MR) is 108 cm³/mol. The highest BCUT2D eigenvalue weighted by Gasteiger charge is 2.22. The minimum absolute atomic E-state index is 0.0746. The maximum absolute atomic E-state index is 12.5. The zero-order valence-corrected chi connectivity index (χ0v) is 17.1. The van der Waals surface area contributed by atoms with Crippen molar-refractivity contribution in [3.05, 3.63) is 48.5 Å². The van der Waals surface area contributed by atoms with E-state index in [-0.39, 0.29) is 4.90 Å². The summed E-state index contributed by atoms with van der Waals surface area (Å²) in [7, 11) is -3.99. The highest BCUT2D eigenvalue weighted by molar-refractivity contribution is 7.89. The normalized spacial score (nSPS) is 14.3. The zero-order chi connectivity index (χ0) is 21.6. The van der Waals surface area contributed by atoms with Gasteiger partial charge in [-0.1, -0.05) is 18.2 Å². The average molecular weight is 434 g/mol. The number of amides is 1. The van der Waals surface area contributed by atoms with Gasteiger partial charge in [-0.25, -0.2) is 8.42 Å². The molecule has 0 saturated carbocycles. The Morgan fingerprint density at radius 3 is 2.50 bits per heavy atom. The summed E-state index contributed by atoms with van der Waals surface area (Å²) in [5.74, 6) is -0.628. The van der Waals surface area contributed by atoms with Crippen molar-refractivity contribution in [1.29, 1.82) is 0 Å². The van der Waals surface area contributed by atoms with E-state index in [2.05, 4.69) is 10.0 Å². The van der Waals surface area contributed by atoms with E-state index in [9.17, 15) is 18.0 Å². The third kappa shape index (κ3) is 5.71. The molecule has 2 aromatic rings. The number of sulfonamides is 1. The van der Waals surface area contributed by atoms with Crippen LogP contribution in [-0.2, 0) is 24.3 Å². The average Bonchev–Trinajstić information content (AvgIpc) is 2.98. The van der Waals surface area contributed by atoms with E-state index in [0.717, 1.165) is 0 Å². The van der Waals surface area contributed by atoms with Crippen LogP contribution < -0.4 is 19.5 Å². The molecule has 0 radical (unpaired) electrons. The van der Waals surface area contributed by atoms with Gasteiger partial charge in [0.1, 0.15) is 6.54 Å². The molecule has 1 unspecified atom stereocenters. The Morgan fingerprint density at radius 2 is 1.77 bits per heavy atom. The molecule has 0 aromatic heterocycles. The molecule has 2 N–H and O–H groups in total. The number of ether oxygens (including phenoxy) is 3. The van der Waals surface area contributed by atoms with Crippen LogP contribution in [-0.4, -0.2) is 46.2 Å². The van der Waals surface area contributed by atoms with Crippen molar-refractivity contribution in [2.75, 3.05) is 25.1 Å². The molecular weight excluding hydrogens is 412 g/mol. The van der Waals surface area contributed by atoms with Crippen LogP contribution in [0.4, 0.5) is 5.69 Å². The second kappa shape index (κ2) is 9.59. The number of anilines is 1. The molecule has 30 heavy (non-hydrogen) atoms. The number of rotatable bonds is 7. The Bertz CT molecular complexity index is 1010. The largest absolute Gasteiger partial charge is 0.490 e. The maximum atomic E-state index is 12.5. The van der Waals surface area contributed by atoms with Gasteiger partial charge in [0, 0.05) is 18.2 Å². The maximum Gasteiger partial charge on any atom is 0.321 e. The molecule has 10 heteroatoms. The van der Waals surface area contributed by atoms with Crippen LogP contribution in [0.2, 0.25) is 0 Å². The number of carbonyl (C=O) groups excluding carboxylic acids is 2. The van der Waals surface area contributed by atoms with Crippen LogP contribution >= 0.6 is 0 Å². The van der Waals surface area contributed by atoms with E-state index >= 15 is 0 Å². The smallest absolute Gasteiger partial charge is 0.321 e. The highest BCUT2D eigenvalue weighted by Crippen LogP contribution is 2.31. The first-order valence-corrected chi connectivity index (χ1v) is 10.8. The molecule has 1 amide bonds. The molecular formula is C20H22N2O7S. The SMILES string of the molecule is CC(OC(=O)CNS(=O)(=O)c1ccc2c(c1)OCCCO2)C(=O)Nc1ccccc1. The number of hydrogen-bond donors (Lipinski definition) is 2. The van der Waals surface area contributed by atoms with Crippen molar-refractivity contribution in [2.45, 2.75) is 24.3 Å². The lowest BCUT2D eigenvalue weighted by molar-refractivity contribution is -0.151. The van der Waals surface area contributed by atoms with Crippen molar-refractivity contribution >= 4 is 27.6 Å². The molecule has 0 aliphatic carbocycles. The standard InChI is InChI=1S/C20H22N2O7S/c1-14(20(24)22-15-6-3-2-4-7-15)29-19(23)13-21-30(25,26)16-8-9-17-18(12-16)28-11-5-10-27-17/h2-4,6-9,12,14,21H,5,10-11,13H2,1H3,(H,22,24). The third-order valence-corrected chi connectivity index (χ3v) is 5.55. The van der Waals surface area contributed by atoms with E-state index in [1.165, 1.54) is 25.1 Å². The van der Waals surface area contributed by atoms with Crippen molar-refractivity contribution in [2.24, 2.45) is 0 Å². The van der Waals surface area contributed by atoms with Crippen LogP contribution in [0.1, 0.15) is 13.3 Å². The van der Waals surface area contributed by atoms with Crippen LogP contribution in [0.5, 0.6) is 11.5 Å². The lowest BCUT2D eigenvalue weighted by Gasteiger charge is -2.14. The Morgan fingerprint density at radius 1 is 1.07 bits per heavy atom. The third-order valence-electron chi connectivity index (χ3n) is 4.15. The van der Waals surface area contributed by atoms with Gasteiger partial charge in [0.15, 0.2) is 17.6 Å². The van der Waals surface area contributed by atoms with E-state index in [0.29, 0.717) is 36.8 Å². The fourth-order valence-electron chi connectivity index (χ4n) is 2.61. The summed E-state index contributed by atoms with van der Waals surface area (Å²) in [5.41, 5.74) is 0.556. The monoisotopic (exact) mass is 434 g/mol. The van der Waals surface area contributed by atoms with E-state index in [4.69, 9.17) is 14.2 Å². The first-order valence-electron chi connectivity index (χ1n) is 9.30. The number of fused-ring (bicyclic) bond motifs is 1. The van der Waals surface area contributed by atoms with Gasteiger partial charge in [-0.05, 0) is 31.2 Å². The quantitative estimate of drug-likeness (QED) is 0.637. The summed E-state index contributed by atoms with van der Waals surface area (Å²) >= 11 is 0. The molecule has 9 nitrogen and oxygen atoms in total. The second-order valence-electron chi connectivity index (χ2n) is 6.47. The highest BCUT2D eigenvalue weighted by atomic mass is 32.2. The van der Waals surface area contributed by atoms with Crippen LogP contribution in [0.3, 0.4) is 0 Å². The zero-order valence-electron chi connectivity index (χ0n) is 16.3. The lowest BCUT2D eigenvalue weighted by Crippen LogP contribution is -2.35. The number of carbonyl (C=O) groups is 2. The summed E-state index contributed by atoms with van der Waals surface area (Å²) in [4.78, 5) is 24.0. The number of nitrogens with one attached hydrogen (secondary N) is 2. The van der Waals surface area contributed by atoms with E-state index in [1.807, 2.05) is 0 Å². The molecule has 0 spiro atoms. The van der Waals surface area contributed by atoms with Crippen molar-refractivity contribution < 1.29 is 32.2 Å². The van der Waals surface area contributed by atoms with Gasteiger partial charge >= 0.3 is 5.97 Å². The Labute approximate surface area is 174 Å². The Balaban J connectivity index is 1.54. The Hall–Kier alpha value is -3.11. The molecule has 160 valence electrons. The molecule has 1 aliphatic rings. The van der Waals surface area contributed by atoms with Gasteiger partial charge in [-0.15, -0.1) is 0 Å². The Kier molecular flexibility index (Phi) is 6.91. The number of hydrogen-bond acceptors (Lipinski definition) is 7. The van der Waals surface area contributed by atoms with E-state index < -0.39 is 34.5 Å². The summed E-state index contributed by atoms with van der Waals surface area (Å²) < 4.78 is 43.1. The van der Waals surface area contributed by atoms with Crippen LogP contribution in [0.25, 0.3) is 0 Å². The van der Waals surface area contributed by atoms with Gasteiger partial charge in [0.2, 0.25) is 10.0 Å². The minimum atomic E-state index is -3.99. The minimum Gasteiger partial charge on any atom is -0.490 e. The first-order chi connectivity index (χ1) is 14.3. The van der Waals surface area contributed by atoms with Crippen LogP contribution in [0, 0.1) is 0 Å². The molecule has 1 atom stereocenters. The molecule has 1 aliphatic heterocycles. The van der Waals surface area contributed by atoms with Crippen molar-refractivity contribution in [3.63, 3.8) is 0 Å². The fourth-order valence-corrected chi connectivity index (χ4v) is 3.59. The molecule has 3 rings (SSSR count). The first kappa shape index (κ1) is 21.6. The van der Waals surface area contributed by atoms with Gasteiger partial charge in [0.25, 0.3) is 5.91 Å². The second-order valence-corrected chi connectivity index (χ2v) is 8.24. The van der Waals surface area contributed by atoms with Crippen molar-refractivity contribution in [3.8, 4) is 11.5 Å². The van der Waals surface area contributed by atoms with Gasteiger partial charge in [0.05, 0.1) is 18.1 Å². The molecule has 1 heterocycles. The van der Waals surface area contributed by atoms with Crippen molar-refractivity contribution in [1.82, 2.24) is 4.72 Å². The summed E-state index contributed by atoms with van der Waals surface area (Å²) in [6, 6.07) is 12.9. The summed E-state index contributed by atoms with van der Waals surface area (Å²) in [6.45, 7) is 1.67. The molecule has 0 fully saturated rings. The van der Waals surface area contributed by atoms with Gasteiger partial charge in [-0.2, -0.15) is 4.72 Å². The molecule has 2 aromatic carbocycles. The number of benzene rings is 2. The predicted octanol–water partition coefficient (Wildman–Crippen LogP) is 1.70. The van der Waals surface area contributed by atoms with Crippen LogP contribution in [0.15, 0.2) is 53.4 Å². The fraction of sp³-hybridized carbons (Fsp3) is 0.300. The summed E-state index contributed by atoms with van der Waals surface area (Å²) in [5, 5.41) is 2.60. The number of esters is 1. The van der Waals surface area contributed by atoms with E-state index in [1.54, 1.807) is 30.3 Å². The van der Waals surface area contributed by atoms with Gasteiger partial charge < -0.3 is 19.5 Å². The topological polar surface area (TPSA) is 120 Å². The number of para-hydroxylation sites is 1.